The first-order valence-electron chi connectivity index (χ1n) is 8.56. The predicted molar refractivity (Wildman–Crippen MR) is 108 cm³/mol. The fourth-order valence-corrected chi connectivity index (χ4v) is 4.18. The summed E-state index contributed by atoms with van der Waals surface area (Å²) in [6.07, 6.45) is 0. The molecule has 1 atom stereocenters. The van der Waals surface area contributed by atoms with Crippen LogP contribution in [-0.2, 0) is 14.8 Å². The minimum Gasteiger partial charge on any atom is -0.295 e. The topological polar surface area (TPSA) is 63.2 Å². The highest BCUT2D eigenvalue weighted by Crippen LogP contribution is 2.30. The Hall–Kier alpha value is -2.76. The zero-order valence-corrected chi connectivity index (χ0v) is 16.1. The minimum atomic E-state index is -3.83. The van der Waals surface area contributed by atoms with E-state index in [1.165, 1.54) is 6.92 Å². The third kappa shape index (κ3) is 3.99. The second kappa shape index (κ2) is 7.47. The number of sulfonamides is 1. The third-order valence-corrected chi connectivity index (χ3v) is 5.98. The van der Waals surface area contributed by atoms with E-state index in [2.05, 4.69) is 11.3 Å². The van der Waals surface area contributed by atoms with Gasteiger partial charge in [0.2, 0.25) is 10.0 Å². The van der Waals surface area contributed by atoms with Gasteiger partial charge < -0.3 is 0 Å². The van der Waals surface area contributed by atoms with Crippen molar-refractivity contribution in [1.29, 1.82) is 0 Å². The van der Waals surface area contributed by atoms with Crippen LogP contribution >= 0.6 is 0 Å². The molecule has 0 spiro atoms. The Morgan fingerprint density at radius 3 is 2.26 bits per heavy atom. The first kappa shape index (κ1) is 19.0. The van der Waals surface area contributed by atoms with Crippen LogP contribution in [-0.4, -0.2) is 14.2 Å². The highest BCUT2D eigenvalue weighted by atomic mass is 32.2. The SMILES string of the molecule is C=C(C(C)=O)[C@@H](NS(=O)(=O)c1ccc(C)cc1)c1cccc2ccccc12. The van der Waals surface area contributed by atoms with Crippen molar-refractivity contribution in [2.45, 2.75) is 24.8 Å². The standard InChI is InChI=1S/C22H21NO3S/c1-15-11-13-19(14-12-15)27(25,26)23-22(16(2)17(3)24)21-10-6-8-18-7-4-5-9-20(18)21/h4-14,22-23H,2H2,1,3H3/t22-/m1/s1. The molecule has 0 fully saturated rings. The van der Waals surface area contributed by atoms with Gasteiger partial charge in [0, 0.05) is 5.57 Å². The van der Waals surface area contributed by atoms with E-state index in [1.807, 2.05) is 49.4 Å². The number of carbonyl (C=O) groups excluding carboxylic acids is 1. The number of aryl methyl sites for hydroxylation is 1. The Kier molecular flexibility index (Phi) is 5.26. The Labute approximate surface area is 159 Å². The first-order chi connectivity index (χ1) is 12.8. The van der Waals surface area contributed by atoms with Gasteiger partial charge in [-0.2, -0.15) is 4.72 Å². The molecule has 3 aromatic rings. The number of ketones is 1. The van der Waals surface area contributed by atoms with Crippen molar-refractivity contribution in [3.05, 3.63) is 90.0 Å². The van der Waals surface area contributed by atoms with Crippen LogP contribution in [0.1, 0.15) is 24.1 Å². The maximum absolute atomic E-state index is 12.9. The van der Waals surface area contributed by atoms with Crippen LogP contribution in [0.25, 0.3) is 10.8 Å². The van der Waals surface area contributed by atoms with Crippen LogP contribution in [0, 0.1) is 6.92 Å². The molecule has 0 saturated heterocycles. The number of hydrogen-bond donors (Lipinski definition) is 1. The van der Waals surface area contributed by atoms with E-state index in [4.69, 9.17) is 0 Å². The van der Waals surface area contributed by atoms with Crippen molar-refractivity contribution in [2.24, 2.45) is 0 Å². The average molecular weight is 379 g/mol. The maximum Gasteiger partial charge on any atom is 0.241 e. The molecule has 0 unspecified atom stereocenters. The number of nitrogens with one attached hydrogen (secondary N) is 1. The monoisotopic (exact) mass is 379 g/mol. The van der Waals surface area contributed by atoms with Crippen LogP contribution in [0.5, 0.6) is 0 Å². The molecule has 3 rings (SSSR count). The fraction of sp³-hybridized carbons (Fsp3) is 0.136. The molecule has 0 bridgehead atoms. The molecule has 5 heteroatoms. The summed E-state index contributed by atoms with van der Waals surface area (Å²) in [7, 11) is -3.83. The molecule has 4 nitrogen and oxygen atoms in total. The van der Waals surface area contributed by atoms with Gasteiger partial charge in [-0.15, -0.1) is 0 Å². The molecule has 0 saturated carbocycles. The fourth-order valence-electron chi connectivity index (χ4n) is 2.97. The highest BCUT2D eigenvalue weighted by molar-refractivity contribution is 7.89. The lowest BCUT2D eigenvalue weighted by Crippen LogP contribution is -2.31. The lowest BCUT2D eigenvalue weighted by molar-refractivity contribution is -0.113. The summed E-state index contributed by atoms with van der Waals surface area (Å²) in [6.45, 7) is 7.13. The normalized spacial score (nSPS) is 12.7. The quantitative estimate of drug-likeness (QED) is 0.649. The van der Waals surface area contributed by atoms with Crippen LogP contribution in [0.4, 0.5) is 0 Å². The second-order valence-corrected chi connectivity index (χ2v) is 8.23. The van der Waals surface area contributed by atoms with Crippen molar-refractivity contribution >= 4 is 26.6 Å². The summed E-state index contributed by atoms with van der Waals surface area (Å²) < 4.78 is 28.5. The molecular formula is C22H21NO3S. The second-order valence-electron chi connectivity index (χ2n) is 6.52. The van der Waals surface area contributed by atoms with E-state index in [-0.39, 0.29) is 16.3 Å². The average Bonchev–Trinajstić information content (AvgIpc) is 2.65. The summed E-state index contributed by atoms with van der Waals surface area (Å²) >= 11 is 0. The van der Waals surface area contributed by atoms with E-state index in [9.17, 15) is 13.2 Å². The van der Waals surface area contributed by atoms with E-state index in [1.54, 1.807) is 24.3 Å². The maximum atomic E-state index is 12.9. The molecule has 0 aliphatic heterocycles. The molecule has 0 radical (unpaired) electrons. The van der Waals surface area contributed by atoms with Crippen LogP contribution in [0.15, 0.2) is 83.8 Å². The molecule has 3 aromatic carbocycles. The molecule has 0 aromatic heterocycles. The Balaban J connectivity index is 2.11. The van der Waals surface area contributed by atoms with E-state index in [0.29, 0.717) is 5.56 Å². The lowest BCUT2D eigenvalue weighted by Gasteiger charge is -2.22. The van der Waals surface area contributed by atoms with Gasteiger partial charge in [0.25, 0.3) is 0 Å². The van der Waals surface area contributed by atoms with Crippen molar-refractivity contribution in [3.8, 4) is 0 Å². The van der Waals surface area contributed by atoms with E-state index >= 15 is 0 Å². The van der Waals surface area contributed by atoms with E-state index in [0.717, 1.165) is 16.3 Å². The molecule has 138 valence electrons. The molecule has 27 heavy (non-hydrogen) atoms. The van der Waals surface area contributed by atoms with Crippen LogP contribution in [0.3, 0.4) is 0 Å². The summed E-state index contributed by atoms with van der Waals surface area (Å²) in [5.74, 6) is -0.264. The number of rotatable bonds is 6. The van der Waals surface area contributed by atoms with Gasteiger partial charge in [-0.3, -0.25) is 4.79 Å². The van der Waals surface area contributed by atoms with Gasteiger partial charge in [0.15, 0.2) is 5.78 Å². The first-order valence-corrected chi connectivity index (χ1v) is 10.0. The lowest BCUT2D eigenvalue weighted by atomic mass is 9.93. The number of hydrogen-bond acceptors (Lipinski definition) is 3. The van der Waals surface area contributed by atoms with Gasteiger partial charge in [-0.05, 0) is 42.3 Å². The highest BCUT2D eigenvalue weighted by Gasteiger charge is 2.26. The molecular weight excluding hydrogens is 358 g/mol. The van der Waals surface area contributed by atoms with E-state index < -0.39 is 16.1 Å². The molecule has 0 amide bonds. The minimum absolute atomic E-state index is 0.148. The third-order valence-electron chi connectivity index (χ3n) is 4.54. The van der Waals surface area contributed by atoms with Gasteiger partial charge in [0.05, 0.1) is 10.9 Å². The van der Waals surface area contributed by atoms with Crippen LogP contribution in [0.2, 0.25) is 0 Å². The number of benzene rings is 3. The molecule has 0 heterocycles. The van der Waals surface area contributed by atoms with Gasteiger partial charge in [0.1, 0.15) is 0 Å². The van der Waals surface area contributed by atoms with Gasteiger partial charge in [-0.1, -0.05) is 66.7 Å². The number of fused-ring (bicyclic) bond motifs is 1. The van der Waals surface area contributed by atoms with Crippen molar-refractivity contribution in [2.75, 3.05) is 0 Å². The Morgan fingerprint density at radius 2 is 1.59 bits per heavy atom. The molecule has 0 aliphatic rings. The predicted octanol–water partition coefficient (Wildman–Crippen LogP) is 4.31. The van der Waals surface area contributed by atoms with Crippen molar-refractivity contribution in [3.63, 3.8) is 0 Å². The van der Waals surface area contributed by atoms with Gasteiger partial charge >= 0.3 is 0 Å². The van der Waals surface area contributed by atoms with Crippen LogP contribution < -0.4 is 4.72 Å². The van der Waals surface area contributed by atoms with Crippen molar-refractivity contribution in [1.82, 2.24) is 4.72 Å². The Morgan fingerprint density at radius 1 is 0.963 bits per heavy atom. The number of carbonyl (C=O) groups is 1. The van der Waals surface area contributed by atoms with Crippen molar-refractivity contribution < 1.29 is 13.2 Å². The summed E-state index contributed by atoms with van der Waals surface area (Å²) in [4.78, 5) is 12.2. The Bertz CT molecular complexity index is 1110. The van der Waals surface area contributed by atoms with Gasteiger partial charge in [-0.25, -0.2) is 8.42 Å². The summed E-state index contributed by atoms with van der Waals surface area (Å²) in [5.41, 5.74) is 1.86. The number of Topliss-reactive ketones (excluding diaryl/α,β-unsaturated/α-hetero) is 1. The molecule has 0 aliphatic carbocycles. The summed E-state index contributed by atoms with van der Waals surface area (Å²) in [6, 6.07) is 19.0. The zero-order valence-electron chi connectivity index (χ0n) is 15.3. The zero-order chi connectivity index (χ0) is 19.6. The largest absolute Gasteiger partial charge is 0.295 e. The summed E-state index contributed by atoms with van der Waals surface area (Å²) in [5, 5.41) is 1.84. The smallest absolute Gasteiger partial charge is 0.241 e. The molecule has 1 N–H and O–H groups in total.